The van der Waals surface area contributed by atoms with Crippen LogP contribution >= 0.6 is 0 Å². The van der Waals surface area contributed by atoms with Crippen LogP contribution in [0.4, 0.5) is 10.6 Å². The highest BCUT2D eigenvalue weighted by atomic mass is 16.6. The second-order valence-corrected chi connectivity index (χ2v) is 6.75. The van der Waals surface area contributed by atoms with Crippen LogP contribution in [0.2, 0.25) is 0 Å². The van der Waals surface area contributed by atoms with E-state index in [-0.39, 0.29) is 17.5 Å². The third-order valence-corrected chi connectivity index (χ3v) is 4.72. The lowest BCUT2D eigenvalue weighted by Crippen LogP contribution is -2.37. The van der Waals surface area contributed by atoms with Crippen LogP contribution < -0.4 is 4.90 Å². The second kappa shape index (κ2) is 6.39. The number of aromatic nitrogens is 3. The monoisotopic (exact) mass is 366 g/mol. The average Bonchev–Trinajstić information content (AvgIpc) is 3.24. The third kappa shape index (κ3) is 2.88. The van der Waals surface area contributed by atoms with Crippen LogP contribution in [0.1, 0.15) is 24.2 Å². The molecule has 1 atom stereocenters. The summed E-state index contributed by atoms with van der Waals surface area (Å²) >= 11 is 0. The number of carboxylic acid groups (broad SMARTS) is 1. The van der Waals surface area contributed by atoms with Gasteiger partial charge in [0.2, 0.25) is 0 Å². The predicted octanol–water partition coefficient (Wildman–Crippen LogP) is 3.08. The van der Waals surface area contributed by atoms with E-state index in [0.29, 0.717) is 18.1 Å². The van der Waals surface area contributed by atoms with Gasteiger partial charge in [0.25, 0.3) is 0 Å². The molecule has 138 valence electrons. The number of hydrogen-bond donors (Lipinski definition) is 1. The van der Waals surface area contributed by atoms with Gasteiger partial charge in [0.05, 0.1) is 17.8 Å². The molecule has 8 nitrogen and oxygen atoms in total. The van der Waals surface area contributed by atoms with Crippen molar-refractivity contribution in [2.75, 3.05) is 11.5 Å². The molecule has 27 heavy (non-hydrogen) atoms. The summed E-state index contributed by atoms with van der Waals surface area (Å²) in [6, 6.07) is 8.17. The van der Waals surface area contributed by atoms with E-state index in [1.54, 1.807) is 40.0 Å². The number of carbonyl (C=O) groups is 2. The summed E-state index contributed by atoms with van der Waals surface area (Å²) in [6.07, 6.45) is 3.01. The molecule has 3 heterocycles. The average molecular weight is 366 g/mol. The maximum absolute atomic E-state index is 12.2. The highest BCUT2D eigenvalue weighted by Crippen LogP contribution is 2.29. The number of hydrogen-bond acceptors (Lipinski definition) is 5. The molecule has 2 aromatic heterocycles. The summed E-state index contributed by atoms with van der Waals surface area (Å²) in [5.74, 6) is -0.246. The summed E-state index contributed by atoms with van der Waals surface area (Å²) in [6.45, 7) is 4.41. The van der Waals surface area contributed by atoms with Gasteiger partial charge in [-0.2, -0.15) is 5.10 Å². The molecular formula is C19H18N4O4. The first-order valence-corrected chi connectivity index (χ1v) is 8.60. The molecule has 0 aliphatic carbocycles. The number of benzene rings is 1. The van der Waals surface area contributed by atoms with Crippen molar-refractivity contribution in [3.05, 3.63) is 48.3 Å². The van der Waals surface area contributed by atoms with E-state index in [1.165, 1.54) is 12.1 Å². The number of cyclic esters (lactones) is 1. The molecule has 1 aromatic carbocycles. The van der Waals surface area contributed by atoms with Crippen molar-refractivity contribution in [2.45, 2.75) is 19.9 Å². The highest BCUT2D eigenvalue weighted by molar-refractivity contribution is 5.91. The lowest BCUT2D eigenvalue weighted by Gasteiger charge is -2.23. The molecule has 0 bridgehead atoms. The lowest BCUT2D eigenvalue weighted by molar-refractivity contribution is 0.0697. The fraction of sp³-hybridized carbons (Fsp3) is 0.263. The largest absolute Gasteiger partial charge is 0.478 e. The highest BCUT2D eigenvalue weighted by Gasteiger charge is 2.37. The molecule has 1 aliphatic heterocycles. The second-order valence-electron chi connectivity index (χ2n) is 6.75. The number of rotatable bonds is 4. The first kappa shape index (κ1) is 17.0. The Labute approximate surface area is 155 Å². The van der Waals surface area contributed by atoms with Crippen LogP contribution in [0.5, 0.6) is 0 Å². The Morgan fingerprint density at radius 2 is 2.00 bits per heavy atom. The number of ether oxygens (including phenoxy) is 1. The first-order chi connectivity index (χ1) is 13.0. The number of fused-ring (bicyclic) bond motifs is 1. The fourth-order valence-corrected chi connectivity index (χ4v) is 3.18. The van der Waals surface area contributed by atoms with Crippen molar-refractivity contribution in [1.29, 1.82) is 0 Å². The van der Waals surface area contributed by atoms with E-state index in [0.717, 1.165) is 11.1 Å². The first-order valence-electron chi connectivity index (χ1n) is 8.60. The van der Waals surface area contributed by atoms with Crippen LogP contribution in [-0.4, -0.2) is 44.4 Å². The zero-order valence-corrected chi connectivity index (χ0v) is 14.9. The summed E-state index contributed by atoms with van der Waals surface area (Å²) in [5.41, 5.74) is 2.34. The number of anilines is 1. The van der Waals surface area contributed by atoms with Crippen molar-refractivity contribution in [3.8, 4) is 11.1 Å². The quantitative estimate of drug-likeness (QED) is 0.762. The van der Waals surface area contributed by atoms with Gasteiger partial charge in [0.15, 0.2) is 5.65 Å². The standard InChI is InChI=1S/C19H18N4O4/c1-11(2)15-10-27-19(26)23(15)16-7-8-22-17(21-16)14(9-20-22)12-3-5-13(6-4-12)18(24)25/h3-9,11,15H,10H2,1-2H3,(H,24,25)/t15-/m1/s1. The molecule has 0 saturated carbocycles. The minimum absolute atomic E-state index is 0.0753. The van der Waals surface area contributed by atoms with Gasteiger partial charge in [-0.15, -0.1) is 0 Å². The Bertz CT molecular complexity index is 1030. The topological polar surface area (TPSA) is 97.0 Å². The Hall–Kier alpha value is -3.42. The minimum Gasteiger partial charge on any atom is -0.478 e. The Kier molecular flexibility index (Phi) is 4.02. The van der Waals surface area contributed by atoms with Crippen molar-refractivity contribution >= 4 is 23.5 Å². The van der Waals surface area contributed by atoms with E-state index in [1.807, 2.05) is 13.8 Å². The number of carbonyl (C=O) groups excluding carboxylic acids is 1. The molecule has 0 unspecified atom stereocenters. The molecule has 1 amide bonds. The number of aromatic carboxylic acids is 1. The Morgan fingerprint density at radius 1 is 1.26 bits per heavy atom. The Morgan fingerprint density at radius 3 is 2.67 bits per heavy atom. The molecular weight excluding hydrogens is 348 g/mol. The zero-order chi connectivity index (χ0) is 19.1. The number of amides is 1. The summed E-state index contributed by atoms with van der Waals surface area (Å²) < 4.78 is 6.83. The summed E-state index contributed by atoms with van der Waals surface area (Å²) in [7, 11) is 0. The van der Waals surface area contributed by atoms with Crippen LogP contribution in [0.25, 0.3) is 16.8 Å². The molecule has 1 aliphatic rings. The van der Waals surface area contributed by atoms with Gasteiger partial charge in [-0.3, -0.25) is 4.90 Å². The fourth-order valence-electron chi connectivity index (χ4n) is 3.18. The number of carboxylic acids is 1. The van der Waals surface area contributed by atoms with E-state index in [2.05, 4.69) is 10.1 Å². The predicted molar refractivity (Wildman–Crippen MR) is 97.8 cm³/mol. The van der Waals surface area contributed by atoms with E-state index < -0.39 is 12.1 Å². The SMILES string of the molecule is CC(C)[C@H]1COC(=O)N1c1ccn2ncc(-c3ccc(C(=O)O)cc3)c2n1. The third-order valence-electron chi connectivity index (χ3n) is 4.72. The molecule has 0 spiro atoms. The van der Waals surface area contributed by atoms with Crippen molar-refractivity contribution < 1.29 is 19.4 Å². The normalized spacial score (nSPS) is 16.9. The molecule has 8 heteroatoms. The van der Waals surface area contributed by atoms with Crippen molar-refractivity contribution in [3.63, 3.8) is 0 Å². The van der Waals surface area contributed by atoms with E-state index in [9.17, 15) is 9.59 Å². The lowest BCUT2D eigenvalue weighted by atomic mass is 10.0. The minimum atomic E-state index is -0.978. The zero-order valence-electron chi connectivity index (χ0n) is 14.9. The van der Waals surface area contributed by atoms with Gasteiger partial charge in [-0.25, -0.2) is 19.1 Å². The van der Waals surface area contributed by atoms with Crippen LogP contribution in [0.3, 0.4) is 0 Å². The Balaban J connectivity index is 1.77. The van der Waals surface area contributed by atoms with Gasteiger partial charge < -0.3 is 9.84 Å². The van der Waals surface area contributed by atoms with Crippen molar-refractivity contribution in [1.82, 2.24) is 14.6 Å². The summed E-state index contributed by atoms with van der Waals surface area (Å²) in [4.78, 5) is 29.5. The van der Waals surface area contributed by atoms with Crippen LogP contribution in [0, 0.1) is 5.92 Å². The molecule has 1 N–H and O–H groups in total. The van der Waals surface area contributed by atoms with Crippen LogP contribution in [-0.2, 0) is 4.74 Å². The molecule has 1 saturated heterocycles. The van der Waals surface area contributed by atoms with Gasteiger partial charge in [0.1, 0.15) is 12.4 Å². The number of nitrogens with zero attached hydrogens (tertiary/aromatic N) is 4. The van der Waals surface area contributed by atoms with Gasteiger partial charge >= 0.3 is 12.1 Å². The van der Waals surface area contributed by atoms with Gasteiger partial charge in [-0.05, 0) is 29.7 Å². The van der Waals surface area contributed by atoms with E-state index in [4.69, 9.17) is 9.84 Å². The maximum Gasteiger partial charge on any atom is 0.415 e. The molecule has 4 rings (SSSR count). The summed E-state index contributed by atoms with van der Waals surface area (Å²) in [5, 5.41) is 13.3. The smallest absolute Gasteiger partial charge is 0.415 e. The molecule has 1 fully saturated rings. The van der Waals surface area contributed by atoms with E-state index >= 15 is 0 Å². The molecule has 0 radical (unpaired) electrons. The van der Waals surface area contributed by atoms with Gasteiger partial charge in [-0.1, -0.05) is 26.0 Å². The maximum atomic E-state index is 12.2. The van der Waals surface area contributed by atoms with Crippen LogP contribution in [0.15, 0.2) is 42.7 Å². The molecule has 3 aromatic rings. The van der Waals surface area contributed by atoms with Crippen molar-refractivity contribution in [2.24, 2.45) is 5.92 Å². The van der Waals surface area contributed by atoms with Gasteiger partial charge in [0, 0.05) is 11.8 Å².